The summed E-state index contributed by atoms with van der Waals surface area (Å²) in [6.07, 6.45) is 4.28. The quantitative estimate of drug-likeness (QED) is 0.150. The minimum atomic E-state index is -0.593. The lowest BCUT2D eigenvalue weighted by Gasteiger charge is -2.08. The van der Waals surface area contributed by atoms with Crippen LogP contribution in [0.25, 0.3) is 0 Å². The normalized spacial score (nSPS) is 10.2. The standard InChI is InChI=1S/C28H26O7/c1-3-5-6-19-32-22-11-7-20(8-12-22)27(30)34-24-15-17-25(18-16-24)35-28(31)21-9-13-23(14-10-21)33-26(29)4-2/h4,7-18H,2-3,5-6,19H2,1H3. The Morgan fingerprint density at radius 2 is 1.09 bits per heavy atom. The molecule has 3 aromatic carbocycles. The molecule has 7 heteroatoms. The SMILES string of the molecule is C=CC(=O)Oc1ccc(C(=O)Oc2ccc(OC(=O)c3ccc(OCCCCC)cc3)cc2)cc1. The highest BCUT2D eigenvalue weighted by molar-refractivity contribution is 5.92. The second-order valence-corrected chi connectivity index (χ2v) is 7.48. The van der Waals surface area contributed by atoms with Gasteiger partial charge < -0.3 is 18.9 Å². The van der Waals surface area contributed by atoms with Crippen LogP contribution >= 0.6 is 0 Å². The van der Waals surface area contributed by atoms with Crippen LogP contribution in [0, 0.1) is 0 Å². The summed E-state index contributed by atoms with van der Waals surface area (Å²) in [7, 11) is 0. The Labute approximate surface area is 203 Å². The summed E-state index contributed by atoms with van der Waals surface area (Å²) in [5, 5.41) is 0. The van der Waals surface area contributed by atoms with E-state index in [-0.39, 0.29) is 17.1 Å². The molecule has 180 valence electrons. The smallest absolute Gasteiger partial charge is 0.343 e. The maximum absolute atomic E-state index is 12.4. The van der Waals surface area contributed by atoms with Gasteiger partial charge in [-0.3, -0.25) is 0 Å². The first-order valence-corrected chi connectivity index (χ1v) is 11.2. The molecule has 0 amide bonds. The van der Waals surface area contributed by atoms with Crippen LogP contribution in [0.5, 0.6) is 23.0 Å². The van der Waals surface area contributed by atoms with Crippen LogP contribution in [0.1, 0.15) is 46.9 Å². The van der Waals surface area contributed by atoms with Gasteiger partial charge >= 0.3 is 17.9 Å². The van der Waals surface area contributed by atoms with Crippen LogP contribution in [0.15, 0.2) is 85.5 Å². The first-order valence-electron chi connectivity index (χ1n) is 11.2. The lowest BCUT2D eigenvalue weighted by atomic mass is 10.2. The van der Waals surface area contributed by atoms with Gasteiger partial charge in [-0.05, 0) is 79.2 Å². The molecular weight excluding hydrogens is 448 g/mol. The molecule has 3 rings (SSSR count). The van der Waals surface area contributed by atoms with Gasteiger partial charge in [0.2, 0.25) is 0 Å². The molecule has 0 aliphatic carbocycles. The molecule has 0 aromatic heterocycles. The minimum absolute atomic E-state index is 0.275. The summed E-state index contributed by atoms with van der Waals surface area (Å²) >= 11 is 0. The summed E-state index contributed by atoms with van der Waals surface area (Å²) < 4.78 is 21.3. The van der Waals surface area contributed by atoms with Gasteiger partial charge in [-0.15, -0.1) is 0 Å². The van der Waals surface area contributed by atoms with E-state index in [9.17, 15) is 14.4 Å². The molecular formula is C28H26O7. The van der Waals surface area contributed by atoms with E-state index in [1.54, 1.807) is 24.3 Å². The van der Waals surface area contributed by atoms with Gasteiger partial charge in [0.25, 0.3) is 0 Å². The summed E-state index contributed by atoms with van der Waals surface area (Å²) in [6, 6.07) is 18.8. The van der Waals surface area contributed by atoms with Crippen molar-refractivity contribution in [3.05, 3.63) is 96.6 Å². The van der Waals surface area contributed by atoms with Gasteiger partial charge in [0.1, 0.15) is 23.0 Å². The lowest BCUT2D eigenvalue weighted by Crippen LogP contribution is -2.10. The zero-order valence-corrected chi connectivity index (χ0v) is 19.4. The number of carbonyl (C=O) groups excluding carboxylic acids is 3. The van der Waals surface area contributed by atoms with Crippen molar-refractivity contribution in [3.63, 3.8) is 0 Å². The van der Waals surface area contributed by atoms with Crippen molar-refractivity contribution in [1.82, 2.24) is 0 Å². The topological polar surface area (TPSA) is 88.1 Å². The molecule has 7 nitrogen and oxygen atoms in total. The Morgan fingerprint density at radius 3 is 1.54 bits per heavy atom. The second kappa shape index (κ2) is 12.7. The highest BCUT2D eigenvalue weighted by atomic mass is 16.5. The molecule has 0 saturated heterocycles. The van der Waals surface area contributed by atoms with E-state index in [0.717, 1.165) is 25.3 Å². The predicted molar refractivity (Wildman–Crippen MR) is 130 cm³/mol. The van der Waals surface area contributed by atoms with Gasteiger partial charge in [-0.2, -0.15) is 0 Å². The number of esters is 3. The number of hydrogen-bond donors (Lipinski definition) is 0. The van der Waals surface area contributed by atoms with E-state index in [4.69, 9.17) is 18.9 Å². The van der Waals surface area contributed by atoms with Crippen LogP contribution in [0.2, 0.25) is 0 Å². The molecule has 0 bridgehead atoms. The number of carbonyl (C=O) groups is 3. The molecule has 0 fully saturated rings. The maximum atomic E-state index is 12.4. The van der Waals surface area contributed by atoms with Gasteiger partial charge in [0, 0.05) is 6.08 Å². The average Bonchev–Trinajstić information content (AvgIpc) is 2.88. The molecule has 0 radical (unpaired) electrons. The Balaban J connectivity index is 1.51. The highest BCUT2D eigenvalue weighted by Crippen LogP contribution is 2.21. The van der Waals surface area contributed by atoms with Crippen LogP contribution in [-0.4, -0.2) is 24.5 Å². The number of ether oxygens (including phenoxy) is 4. The van der Waals surface area contributed by atoms with Crippen LogP contribution in [0.4, 0.5) is 0 Å². The van der Waals surface area contributed by atoms with Crippen molar-refractivity contribution in [2.45, 2.75) is 26.2 Å². The van der Waals surface area contributed by atoms with Crippen molar-refractivity contribution < 1.29 is 33.3 Å². The minimum Gasteiger partial charge on any atom is -0.494 e. The molecule has 0 aliphatic rings. The molecule has 0 atom stereocenters. The Kier molecular flexibility index (Phi) is 9.19. The Hall–Kier alpha value is -4.39. The van der Waals surface area contributed by atoms with Crippen molar-refractivity contribution >= 4 is 17.9 Å². The fourth-order valence-corrected chi connectivity index (χ4v) is 2.95. The van der Waals surface area contributed by atoms with Gasteiger partial charge in [0.15, 0.2) is 0 Å². The zero-order chi connectivity index (χ0) is 25.0. The first kappa shape index (κ1) is 25.2. The summed E-state index contributed by atoms with van der Waals surface area (Å²) in [6.45, 7) is 6.10. The van der Waals surface area contributed by atoms with E-state index < -0.39 is 17.9 Å². The predicted octanol–water partition coefficient (Wildman–Crippen LogP) is 5.79. The number of unbranched alkanes of at least 4 members (excludes halogenated alkanes) is 2. The average molecular weight is 475 g/mol. The molecule has 0 N–H and O–H groups in total. The van der Waals surface area contributed by atoms with E-state index in [1.165, 1.54) is 48.5 Å². The van der Waals surface area contributed by atoms with E-state index in [0.29, 0.717) is 23.7 Å². The van der Waals surface area contributed by atoms with Crippen LogP contribution in [0.3, 0.4) is 0 Å². The molecule has 0 unspecified atom stereocenters. The van der Waals surface area contributed by atoms with E-state index in [2.05, 4.69) is 13.5 Å². The third-order valence-corrected chi connectivity index (χ3v) is 4.83. The fraction of sp³-hybridized carbons (Fsp3) is 0.179. The number of rotatable bonds is 11. The van der Waals surface area contributed by atoms with Gasteiger partial charge in [-0.1, -0.05) is 26.3 Å². The van der Waals surface area contributed by atoms with Crippen LogP contribution < -0.4 is 18.9 Å². The monoisotopic (exact) mass is 474 g/mol. The summed E-state index contributed by atoms with van der Waals surface area (Å²) in [5.74, 6) is -0.115. The fourth-order valence-electron chi connectivity index (χ4n) is 2.95. The number of hydrogen-bond acceptors (Lipinski definition) is 7. The van der Waals surface area contributed by atoms with Gasteiger partial charge in [0.05, 0.1) is 17.7 Å². The molecule has 0 aliphatic heterocycles. The molecule has 0 saturated carbocycles. The molecule has 3 aromatic rings. The maximum Gasteiger partial charge on any atom is 0.343 e. The highest BCUT2D eigenvalue weighted by Gasteiger charge is 2.12. The van der Waals surface area contributed by atoms with E-state index >= 15 is 0 Å². The Morgan fingerprint density at radius 1 is 0.657 bits per heavy atom. The third-order valence-electron chi connectivity index (χ3n) is 4.83. The zero-order valence-electron chi connectivity index (χ0n) is 19.4. The number of benzene rings is 3. The summed E-state index contributed by atoms with van der Waals surface area (Å²) in [4.78, 5) is 36.0. The Bertz CT molecular complexity index is 1150. The first-order chi connectivity index (χ1) is 17.0. The van der Waals surface area contributed by atoms with Crippen molar-refractivity contribution in [2.75, 3.05) is 6.61 Å². The molecule has 35 heavy (non-hydrogen) atoms. The molecule has 0 spiro atoms. The molecule has 0 heterocycles. The second-order valence-electron chi connectivity index (χ2n) is 7.48. The summed E-state index contributed by atoms with van der Waals surface area (Å²) in [5.41, 5.74) is 0.667. The van der Waals surface area contributed by atoms with E-state index in [1.807, 2.05) is 0 Å². The lowest BCUT2D eigenvalue weighted by molar-refractivity contribution is -0.128. The third kappa shape index (κ3) is 7.85. The van der Waals surface area contributed by atoms with Crippen molar-refractivity contribution in [1.29, 1.82) is 0 Å². The van der Waals surface area contributed by atoms with Gasteiger partial charge in [-0.25, -0.2) is 14.4 Å². The van der Waals surface area contributed by atoms with Crippen LogP contribution in [-0.2, 0) is 4.79 Å². The van der Waals surface area contributed by atoms with Crippen molar-refractivity contribution in [2.24, 2.45) is 0 Å². The largest absolute Gasteiger partial charge is 0.494 e. The van der Waals surface area contributed by atoms with Crippen molar-refractivity contribution in [3.8, 4) is 23.0 Å².